The molecule has 0 amide bonds. The Morgan fingerprint density at radius 3 is 2.67 bits per heavy atom. The molecule has 2 atom stereocenters. The highest BCUT2D eigenvalue weighted by Gasteiger charge is 2.42. The minimum atomic E-state index is 0.243. The zero-order valence-corrected chi connectivity index (χ0v) is 16.2. The summed E-state index contributed by atoms with van der Waals surface area (Å²) >= 11 is 0. The van der Waals surface area contributed by atoms with E-state index in [1.165, 1.54) is 16.2 Å². The summed E-state index contributed by atoms with van der Waals surface area (Å²) < 4.78 is 6.36. The fourth-order valence-electron chi connectivity index (χ4n) is 4.63. The number of quaternary nitrogens is 1. The number of aryl methyl sites for hydroxylation is 1. The second kappa shape index (κ2) is 5.83. The number of nitrogens with zero attached hydrogens (tertiary/aromatic N) is 2. The third-order valence-corrected chi connectivity index (χ3v) is 5.75. The summed E-state index contributed by atoms with van der Waals surface area (Å²) in [6.45, 7) is 8.96. The lowest BCUT2D eigenvalue weighted by molar-refractivity contribution is -0.873. The topological polar surface area (TPSA) is 33.7 Å². The van der Waals surface area contributed by atoms with Gasteiger partial charge in [0.05, 0.1) is 11.7 Å². The van der Waals surface area contributed by atoms with Crippen LogP contribution in [0.3, 0.4) is 0 Å². The van der Waals surface area contributed by atoms with Crippen molar-refractivity contribution in [3.8, 4) is 0 Å². The Hall–Kier alpha value is -2.85. The molecule has 4 aromatic rings. The highest BCUT2D eigenvalue weighted by Crippen LogP contribution is 2.43. The van der Waals surface area contributed by atoms with Crippen molar-refractivity contribution < 1.29 is 9.32 Å². The van der Waals surface area contributed by atoms with E-state index < -0.39 is 0 Å². The van der Waals surface area contributed by atoms with Gasteiger partial charge in [-0.15, -0.1) is 0 Å². The van der Waals surface area contributed by atoms with E-state index in [4.69, 9.17) is 9.40 Å². The van der Waals surface area contributed by atoms with Crippen LogP contribution in [0.4, 0.5) is 17.2 Å². The largest absolute Gasteiger partial charge is 0.454 e. The molecular weight excluding hydrogens is 334 g/mol. The average Bonchev–Trinajstić information content (AvgIpc) is 3.17. The van der Waals surface area contributed by atoms with Crippen LogP contribution in [-0.4, -0.2) is 17.2 Å². The number of hydrogen-bond acceptors (Lipinski definition) is 3. The van der Waals surface area contributed by atoms with Gasteiger partial charge in [0.2, 0.25) is 0 Å². The minimum Gasteiger partial charge on any atom is -0.454 e. The lowest BCUT2D eigenvalue weighted by Crippen LogP contribution is -3.13. The molecule has 0 fully saturated rings. The molecule has 2 aromatic heterocycles. The molecule has 0 radical (unpaired) electrons. The highest BCUT2D eigenvalue weighted by molar-refractivity contribution is 6.10. The number of anilines is 2. The number of fused-ring (bicyclic) bond motifs is 4. The van der Waals surface area contributed by atoms with E-state index in [0.717, 1.165) is 33.4 Å². The summed E-state index contributed by atoms with van der Waals surface area (Å²) in [5, 5.41) is 2.32. The molecule has 0 spiro atoms. The summed E-state index contributed by atoms with van der Waals surface area (Å²) in [4.78, 5) is 8.57. The molecule has 4 heteroatoms. The molecule has 0 saturated heterocycles. The van der Waals surface area contributed by atoms with Gasteiger partial charge >= 0.3 is 0 Å². The molecule has 0 bridgehead atoms. The predicted octanol–water partition coefficient (Wildman–Crippen LogP) is 4.71. The Bertz CT molecular complexity index is 1160. The first-order chi connectivity index (χ1) is 13.1. The van der Waals surface area contributed by atoms with Crippen molar-refractivity contribution in [2.45, 2.75) is 39.9 Å². The smallest absolute Gasteiger partial charge is 0.200 e. The first-order valence-corrected chi connectivity index (χ1v) is 9.60. The summed E-state index contributed by atoms with van der Waals surface area (Å²) in [7, 11) is 0. The maximum Gasteiger partial charge on any atom is 0.200 e. The van der Waals surface area contributed by atoms with Crippen molar-refractivity contribution in [3.63, 3.8) is 0 Å². The van der Waals surface area contributed by atoms with Gasteiger partial charge in [0.15, 0.2) is 23.3 Å². The Morgan fingerprint density at radius 2 is 1.85 bits per heavy atom. The van der Waals surface area contributed by atoms with Crippen LogP contribution >= 0.6 is 0 Å². The van der Waals surface area contributed by atoms with Crippen molar-refractivity contribution in [3.05, 3.63) is 60.3 Å². The van der Waals surface area contributed by atoms with Gasteiger partial charge in [0.25, 0.3) is 0 Å². The van der Waals surface area contributed by atoms with E-state index in [0.29, 0.717) is 6.04 Å². The SMILES string of the molecule is Cc1ccc2c(oc3ccccc32)c1N1c2ncccc2[NH+](C(C)C)C1C. The van der Waals surface area contributed by atoms with Crippen LogP contribution in [0, 0.1) is 6.92 Å². The van der Waals surface area contributed by atoms with Gasteiger partial charge in [-0.1, -0.05) is 30.3 Å². The van der Waals surface area contributed by atoms with Gasteiger partial charge in [-0.05, 0) is 38.5 Å². The quantitative estimate of drug-likeness (QED) is 0.563. The van der Waals surface area contributed by atoms with E-state index in [1.54, 1.807) is 0 Å². The lowest BCUT2D eigenvalue weighted by Gasteiger charge is -2.28. The van der Waals surface area contributed by atoms with Crippen LogP contribution < -0.4 is 9.80 Å². The number of hydrogen-bond donors (Lipinski definition) is 1. The molecule has 1 aliphatic rings. The molecular formula is C23H24N3O+. The van der Waals surface area contributed by atoms with Crippen LogP contribution in [0.15, 0.2) is 59.1 Å². The van der Waals surface area contributed by atoms with Crippen LogP contribution in [0.25, 0.3) is 21.9 Å². The molecule has 5 rings (SSSR count). The number of benzene rings is 2. The number of furan rings is 1. The zero-order valence-electron chi connectivity index (χ0n) is 16.2. The zero-order chi connectivity index (χ0) is 18.7. The fourth-order valence-corrected chi connectivity index (χ4v) is 4.63. The van der Waals surface area contributed by atoms with Crippen molar-refractivity contribution in [2.75, 3.05) is 4.90 Å². The third-order valence-electron chi connectivity index (χ3n) is 5.75. The van der Waals surface area contributed by atoms with E-state index in [2.05, 4.69) is 62.9 Å². The van der Waals surface area contributed by atoms with Crippen molar-refractivity contribution in [2.24, 2.45) is 0 Å². The van der Waals surface area contributed by atoms with E-state index in [9.17, 15) is 0 Å². The van der Waals surface area contributed by atoms with Crippen molar-refractivity contribution >= 4 is 39.1 Å². The summed E-state index contributed by atoms with van der Waals surface area (Å²) in [6, 6.07) is 17.3. The lowest BCUT2D eigenvalue weighted by atomic mass is 10.1. The standard InChI is InChI=1S/C23H23N3O/c1-14(2)25-16(4)26(23-19(25)9-7-13-24-23)21-15(3)11-12-18-17-8-5-6-10-20(17)27-22(18)21/h5-14,16H,1-4H3/p+1. The molecule has 1 N–H and O–H groups in total. The molecule has 136 valence electrons. The Balaban J connectivity index is 1.82. The summed E-state index contributed by atoms with van der Waals surface area (Å²) in [5.41, 5.74) is 5.47. The molecule has 0 aliphatic carbocycles. The van der Waals surface area contributed by atoms with Crippen molar-refractivity contribution in [1.82, 2.24) is 4.98 Å². The highest BCUT2D eigenvalue weighted by atomic mass is 16.3. The molecule has 0 saturated carbocycles. The van der Waals surface area contributed by atoms with Gasteiger partial charge in [-0.3, -0.25) is 9.80 Å². The molecule has 3 heterocycles. The van der Waals surface area contributed by atoms with Crippen LogP contribution in [-0.2, 0) is 0 Å². The molecule has 2 aromatic carbocycles. The van der Waals surface area contributed by atoms with Gasteiger partial charge in [-0.2, -0.15) is 0 Å². The molecule has 1 aliphatic heterocycles. The van der Waals surface area contributed by atoms with Crippen LogP contribution in [0.5, 0.6) is 0 Å². The van der Waals surface area contributed by atoms with Gasteiger partial charge in [0.1, 0.15) is 5.58 Å². The van der Waals surface area contributed by atoms with Crippen LogP contribution in [0.2, 0.25) is 0 Å². The second-order valence-electron chi connectivity index (χ2n) is 7.74. The van der Waals surface area contributed by atoms with E-state index in [-0.39, 0.29) is 6.17 Å². The third kappa shape index (κ3) is 2.23. The van der Waals surface area contributed by atoms with Gasteiger partial charge in [-0.25, -0.2) is 4.98 Å². The molecule has 27 heavy (non-hydrogen) atoms. The Labute approximate surface area is 159 Å². The molecule has 2 unspecified atom stereocenters. The maximum absolute atomic E-state index is 6.36. The fraction of sp³-hybridized carbons (Fsp3) is 0.261. The number of nitrogens with one attached hydrogen (secondary N) is 1. The maximum atomic E-state index is 6.36. The first-order valence-electron chi connectivity index (χ1n) is 9.60. The molecule has 4 nitrogen and oxygen atoms in total. The summed E-state index contributed by atoms with van der Waals surface area (Å²) in [5.74, 6) is 1.03. The number of rotatable bonds is 2. The summed E-state index contributed by atoms with van der Waals surface area (Å²) in [6.07, 6.45) is 2.13. The van der Waals surface area contributed by atoms with Crippen LogP contribution in [0.1, 0.15) is 26.3 Å². The van der Waals surface area contributed by atoms with Crippen molar-refractivity contribution in [1.29, 1.82) is 0 Å². The Morgan fingerprint density at radius 1 is 1.04 bits per heavy atom. The normalized spacial score (nSPS) is 19.4. The Kier molecular flexibility index (Phi) is 3.52. The van der Waals surface area contributed by atoms with E-state index in [1.807, 2.05) is 24.4 Å². The average molecular weight is 358 g/mol. The monoisotopic (exact) mass is 358 g/mol. The first kappa shape index (κ1) is 16.3. The van der Waals surface area contributed by atoms with Gasteiger partial charge in [0, 0.05) is 30.0 Å². The van der Waals surface area contributed by atoms with Gasteiger partial charge < -0.3 is 4.42 Å². The predicted molar refractivity (Wildman–Crippen MR) is 110 cm³/mol. The number of para-hydroxylation sites is 1. The number of aromatic nitrogens is 1. The minimum absolute atomic E-state index is 0.243. The second-order valence-corrected chi connectivity index (χ2v) is 7.74. The number of pyridine rings is 1. The van der Waals surface area contributed by atoms with E-state index >= 15 is 0 Å².